The quantitative estimate of drug-likeness (QED) is 0.860. The number of nitrogens with zero attached hydrogens (tertiary/aromatic N) is 3. The van der Waals surface area contributed by atoms with Crippen molar-refractivity contribution in [3.8, 4) is 11.5 Å². The number of fused-ring (bicyclic) bond motifs is 1. The van der Waals surface area contributed by atoms with Gasteiger partial charge in [0.05, 0.1) is 6.54 Å². The average Bonchev–Trinajstić information content (AvgIpc) is 2.94. The Morgan fingerprint density at radius 2 is 2.24 bits per heavy atom. The maximum absolute atomic E-state index is 5.30. The van der Waals surface area contributed by atoms with Crippen LogP contribution in [0.5, 0.6) is 11.5 Å². The molecular weight excluding hydrogens is 220 g/mol. The minimum atomic E-state index is 0.294. The molecule has 1 aliphatic rings. The molecule has 1 aromatic carbocycles. The first-order chi connectivity index (χ1) is 8.33. The fourth-order valence-electron chi connectivity index (χ4n) is 1.67. The molecule has 17 heavy (non-hydrogen) atoms. The summed E-state index contributed by atoms with van der Waals surface area (Å²) in [5.41, 5.74) is 0.970. The third-order valence-corrected chi connectivity index (χ3v) is 2.63. The van der Waals surface area contributed by atoms with Crippen LogP contribution >= 0.6 is 0 Å². The van der Waals surface area contributed by atoms with Gasteiger partial charge in [0.2, 0.25) is 6.79 Å². The molecule has 0 bridgehead atoms. The van der Waals surface area contributed by atoms with Gasteiger partial charge in [-0.15, -0.1) is 0 Å². The molecule has 0 spiro atoms. The van der Waals surface area contributed by atoms with Gasteiger partial charge in [0.1, 0.15) is 12.2 Å². The Hall–Kier alpha value is -2.24. The lowest BCUT2D eigenvalue weighted by atomic mass is 10.3. The Bertz CT molecular complexity index is 538. The predicted molar refractivity (Wildman–Crippen MR) is 60.9 cm³/mol. The first-order valence-electron chi connectivity index (χ1n) is 5.29. The Morgan fingerprint density at radius 1 is 1.35 bits per heavy atom. The van der Waals surface area contributed by atoms with E-state index >= 15 is 0 Å². The van der Waals surface area contributed by atoms with Gasteiger partial charge in [-0.3, -0.25) is 4.68 Å². The van der Waals surface area contributed by atoms with E-state index in [9.17, 15) is 0 Å². The monoisotopic (exact) mass is 232 g/mol. The Kier molecular flexibility index (Phi) is 2.32. The topological polar surface area (TPSA) is 61.2 Å². The van der Waals surface area contributed by atoms with Crippen molar-refractivity contribution in [2.24, 2.45) is 7.05 Å². The Balaban J connectivity index is 1.72. The SMILES string of the molecule is Cn1ncnc1CNc1ccc2c(c1)OCO2. The molecule has 0 saturated heterocycles. The van der Waals surface area contributed by atoms with E-state index in [2.05, 4.69) is 15.4 Å². The largest absolute Gasteiger partial charge is 0.454 e. The zero-order valence-electron chi connectivity index (χ0n) is 9.38. The van der Waals surface area contributed by atoms with E-state index in [4.69, 9.17) is 9.47 Å². The lowest BCUT2D eigenvalue weighted by Gasteiger charge is -2.06. The summed E-state index contributed by atoms with van der Waals surface area (Å²) in [5, 5.41) is 7.27. The van der Waals surface area contributed by atoms with E-state index in [0.29, 0.717) is 13.3 Å². The van der Waals surface area contributed by atoms with Gasteiger partial charge in [-0.25, -0.2) is 4.98 Å². The molecule has 1 aliphatic heterocycles. The zero-order chi connectivity index (χ0) is 11.7. The van der Waals surface area contributed by atoms with Crippen molar-refractivity contribution in [2.75, 3.05) is 12.1 Å². The van der Waals surface area contributed by atoms with E-state index < -0.39 is 0 Å². The second-order valence-corrected chi connectivity index (χ2v) is 3.72. The van der Waals surface area contributed by atoms with Crippen LogP contribution in [0.2, 0.25) is 0 Å². The molecule has 0 radical (unpaired) electrons. The predicted octanol–water partition coefficient (Wildman–Crippen LogP) is 1.16. The van der Waals surface area contributed by atoms with Crippen LogP contribution in [-0.2, 0) is 13.6 Å². The second kappa shape index (κ2) is 3.97. The fraction of sp³-hybridized carbons (Fsp3) is 0.273. The number of hydrogen-bond donors (Lipinski definition) is 1. The number of rotatable bonds is 3. The molecule has 1 aromatic heterocycles. The Morgan fingerprint density at radius 3 is 3.06 bits per heavy atom. The minimum absolute atomic E-state index is 0.294. The van der Waals surface area contributed by atoms with E-state index in [1.165, 1.54) is 6.33 Å². The van der Waals surface area contributed by atoms with Crippen LogP contribution in [0.4, 0.5) is 5.69 Å². The molecule has 1 N–H and O–H groups in total. The summed E-state index contributed by atoms with van der Waals surface area (Å²) in [6, 6.07) is 5.75. The van der Waals surface area contributed by atoms with Crippen molar-refractivity contribution in [3.63, 3.8) is 0 Å². The van der Waals surface area contributed by atoms with Gasteiger partial charge in [-0.05, 0) is 12.1 Å². The van der Waals surface area contributed by atoms with Gasteiger partial charge in [0.15, 0.2) is 11.5 Å². The van der Waals surface area contributed by atoms with Gasteiger partial charge in [0.25, 0.3) is 0 Å². The van der Waals surface area contributed by atoms with Crippen molar-refractivity contribution in [1.82, 2.24) is 14.8 Å². The number of anilines is 1. The lowest BCUT2D eigenvalue weighted by Crippen LogP contribution is -2.06. The molecule has 0 amide bonds. The molecule has 6 nitrogen and oxygen atoms in total. The number of hydrogen-bond acceptors (Lipinski definition) is 5. The van der Waals surface area contributed by atoms with E-state index in [0.717, 1.165) is 23.0 Å². The van der Waals surface area contributed by atoms with Crippen LogP contribution in [0.3, 0.4) is 0 Å². The van der Waals surface area contributed by atoms with Crippen molar-refractivity contribution < 1.29 is 9.47 Å². The van der Waals surface area contributed by atoms with Crippen LogP contribution < -0.4 is 14.8 Å². The molecule has 6 heteroatoms. The lowest BCUT2D eigenvalue weighted by molar-refractivity contribution is 0.174. The van der Waals surface area contributed by atoms with Crippen molar-refractivity contribution in [2.45, 2.75) is 6.54 Å². The third kappa shape index (κ3) is 1.89. The summed E-state index contributed by atoms with van der Waals surface area (Å²) in [5.74, 6) is 2.44. The number of ether oxygens (including phenoxy) is 2. The minimum Gasteiger partial charge on any atom is -0.454 e. The van der Waals surface area contributed by atoms with Crippen LogP contribution in [0.25, 0.3) is 0 Å². The van der Waals surface area contributed by atoms with Crippen LogP contribution in [0.1, 0.15) is 5.82 Å². The van der Waals surface area contributed by atoms with E-state index in [-0.39, 0.29) is 0 Å². The highest BCUT2D eigenvalue weighted by Crippen LogP contribution is 2.34. The van der Waals surface area contributed by atoms with Crippen molar-refractivity contribution in [3.05, 3.63) is 30.4 Å². The van der Waals surface area contributed by atoms with Gasteiger partial charge in [-0.1, -0.05) is 0 Å². The van der Waals surface area contributed by atoms with E-state index in [1.807, 2.05) is 25.2 Å². The molecule has 2 aromatic rings. The second-order valence-electron chi connectivity index (χ2n) is 3.72. The number of aromatic nitrogens is 3. The molecule has 88 valence electrons. The molecule has 0 aliphatic carbocycles. The van der Waals surface area contributed by atoms with Crippen LogP contribution in [0, 0.1) is 0 Å². The summed E-state index contributed by atoms with van der Waals surface area (Å²) < 4.78 is 12.3. The highest BCUT2D eigenvalue weighted by atomic mass is 16.7. The molecule has 3 rings (SSSR count). The maximum Gasteiger partial charge on any atom is 0.231 e. The summed E-state index contributed by atoms with van der Waals surface area (Å²) in [6.45, 7) is 0.915. The highest BCUT2D eigenvalue weighted by molar-refractivity contribution is 5.55. The number of aryl methyl sites for hydroxylation is 1. The number of benzene rings is 1. The van der Waals surface area contributed by atoms with Gasteiger partial charge in [0, 0.05) is 18.8 Å². The van der Waals surface area contributed by atoms with E-state index in [1.54, 1.807) is 4.68 Å². The molecule has 2 heterocycles. The summed E-state index contributed by atoms with van der Waals surface area (Å²) in [4.78, 5) is 4.14. The third-order valence-electron chi connectivity index (χ3n) is 2.63. The first kappa shape index (κ1) is 9.95. The van der Waals surface area contributed by atoms with Crippen molar-refractivity contribution >= 4 is 5.69 Å². The standard InChI is InChI=1S/C11H12N4O2/c1-15-11(13-6-14-15)5-12-8-2-3-9-10(4-8)17-7-16-9/h2-4,6,12H,5,7H2,1H3. The smallest absolute Gasteiger partial charge is 0.231 e. The normalized spacial score (nSPS) is 12.8. The summed E-state index contributed by atoms with van der Waals surface area (Å²) in [6.07, 6.45) is 1.54. The molecule has 0 atom stereocenters. The van der Waals surface area contributed by atoms with Gasteiger partial charge >= 0.3 is 0 Å². The Labute approximate surface area is 98.2 Å². The van der Waals surface area contributed by atoms with Crippen molar-refractivity contribution in [1.29, 1.82) is 0 Å². The van der Waals surface area contributed by atoms with Crippen LogP contribution in [-0.4, -0.2) is 21.6 Å². The number of nitrogens with one attached hydrogen (secondary N) is 1. The van der Waals surface area contributed by atoms with Crippen LogP contribution in [0.15, 0.2) is 24.5 Å². The average molecular weight is 232 g/mol. The van der Waals surface area contributed by atoms with Gasteiger partial charge in [-0.2, -0.15) is 5.10 Å². The molecular formula is C11H12N4O2. The first-order valence-corrected chi connectivity index (χ1v) is 5.29. The maximum atomic E-state index is 5.30. The summed E-state index contributed by atoms with van der Waals surface area (Å²) in [7, 11) is 1.86. The summed E-state index contributed by atoms with van der Waals surface area (Å²) >= 11 is 0. The fourth-order valence-corrected chi connectivity index (χ4v) is 1.67. The molecule has 0 unspecified atom stereocenters. The zero-order valence-corrected chi connectivity index (χ0v) is 9.38. The molecule has 0 saturated carbocycles. The highest BCUT2D eigenvalue weighted by Gasteiger charge is 2.13. The van der Waals surface area contributed by atoms with Gasteiger partial charge < -0.3 is 14.8 Å². The molecule has 0 fully saturated rings.